The Kier molecular flexibility index (Phi) is 4.61. The van der Waals surface area contributed by atoms with E-state index in [1.165, 1.54) is 34.3 Å². The Morgan fingerprint density at radius 1 is 1.07 bits per heavy atom. The molecule has 5 rings (SSSR count). The monoisotopic (exact) mass is 376 g/mol. The molecule has 0 amide bonds. The van der Waals surface area contributed by atoms with E-state index in [1.807, 2.05) is 12.3 Å². The molecule has 0 aliphatic carbocycles. The summed E-state index contributed by atoms with van der Waals surface area (Å²) in [5.74, 6) is 1.55. The summed E-state index contributed by atoms with van der Waals surface area (Å²) in [6.07, 6.45) is 3.21. The Bertz CT molecular complexity index is 958. The minimum absolute atomic E-state index is 0.583. The molecule has 1 fully saturated rings. The lowest BCUT2D eigenvalue weighted by atomic mass is 9.97. The molecule has 1 atom stereocenters. The Labute approximate surface area is 166 Å². The van der Waals surface area contributed by atoms with Crippen molar-refractivity contribution in [3.05, 3.63) is 54.2 Å². The van der Waals surface area contributed by atoms with Crippen LogP contribution in [-0.4, -0.2) is 56.3 Å². The highest BCUT2D eigenvalue weighted by molar-refractivity contribution is 5.83. The second kappa shape index (κ2) is 7.40. The van der Waals surface area contributed by atoms with Gasteiger partial charge in [0.05, 0.1) is 12.8 Å². The molecule has 5 nitrogen and oxygen atoms in total. The fourth-order valence-electron chi connectivity index (χ4n) is 4.65. The van der Waals surface area contributed by atoms with E-state index >= 15 is 0 Å². The molecule has 0 spiro atoms. The summed E-state index contributed by atoms with van der Waals surface area (Å²) in [4.78, 5) is 8.40. The zero-order chi connectivity index (χ0) is 18.9. The summed E-state index contributed by atoms with van der Waals surface area (Å²) >= 11 is 0. The van der Waals surface area contributed by atoms with Crippen molar-refractivity contribution in [2.75, 3.05) is 56.6 Å². The molecule has 3 heterocycles. The van der Waals surface area contributed by atoms with Crippen molar-refractivity contribution in [2.45, 2.75) is 12.3 Å². The van der Waals surface area contributed by atoms with Crippen LogP contribution in [0.25, 0.3) is 10.9 Å². The van der Waals surface area contributed by atoms with Crippen molar-refractivity contribution < 1.29 is 4.74 Å². The van der Waals surface area contributed by atoms with Gasteiger partial charge in [-0.2, -0.15) is 0 Å². The van der Waals surface area contributed by atoms with Crippen molar-refractivity contribution in [3.8, 4) is 5.75 Å². The third-order valence-corrected chi connectivity index (χ3v) is 6.31. The largest absolute Gasteiger partial charge is 0.495 e. The minimum Gasteiger partial charge on any atom is -0.495 e. The van der Waals surface area contributed by atoms with Gasteiger partial charge in [0.15, 0.2) is 0 Å². The second-order valence-electron chi connectivity index (χ2n) is 7.87. The van der Waals surface area contributed by atoms with E-state index < -0.39 is 0 Å². The van der Waals surface area contributed by atoms with Crippen LogP contribution in [0.2, 0.25) is 0 Å². The average Bonchev–Trinajstić information content (AvgIpc) is 3.38. The first kappa shape index (κ1) is 17.4. The van der Waals surface area contributed by atoms with Gasteiger partial charge in [0.2, 0.25) is 0 Å². The molecule has 0 bridgehead atoms. The molecule has 0 saturated carbocycles. The molecule has 2 aromatic carbocycles. The predicted octanol–water partition coefficient (Wildman–Crippen LogP) is 3.90. The molecular formula is C23H28N4O. The number of hydrogen-bond donors (Lipinski definition) is 2. The summed E-state index contributed by atoms with van der Waals surface area (Å²) in [5, 5.41) is 4.84. The van der Waals surface area contributed by atoms with Crippen LogP contribution in [0.3, 0.4) is 0 Å². The lowest BCUT2D eigenvalue weighted by Crippen LogP contribution is -2.46. The standard InChI is InChI=1S/C23H28N4O/c1-28-22-4-2-3-20-18(16-25-23(20)22)8-10-26-11-13-27(14-12-26)19-5-6-21-17(15-19)7-9-24-21/h2-7,9,15,18,24-25H,8,10-14,16H2,1H3. The number of para-hydroxylation sites is 1. The number of hydrogen-bond acceptors (Lipinski definition) is 4. The SMILES string of the molecule is COc1cccc2c1NCC2CCN1CCN(c2ccc3[nH]ccc3c2)CC1. The number of rotatable bonds is 5. The van der Waals surface area contributed by atoms with Gasteiger partial charge in [-0.25, -0.2) is 0 Å². The fourth-order valence-corrected chi connectivity index (χ4v) is 4.65. The van der Waals surface area contributed by atoms with Gasteiger partial charge in [0.25, 0.3) is 0 Å². The summed E-state index contributed by atoms with van der Waals surface area (Å²) in [6, 6.07) is 15.3. The van der Waals surface area contributed by atoms with Crippen LogP contribution < -0.4 is 15.0 Å². The number of anilines is 2. The van der Waals surface area contributed by atoms with E-state index in [0.717, 1.165) is 45.0 Å². The number of nitrogens with zero attached hydrogens (tertiary/aromatic N) is 2. The van der Waals surface area contributed by atoms with E-state index in [9.17, 15) is 0 Å². The van der Waals surface area contributed by atoms with Gasteiger partial charge in [-0.1, -0.05) is 12.1 Å². The molecule has 1 unspecified atom stereocenters. The summed E-state index contributed by atoms with van der Waals surface area (Å²) in [6.45, 7) is 6.65. The average molecular weight is 377 g/mol. The zero-order valence-electron chi connectivity index (χ0n) is 16.4. The maximum Gasteiger partial charge on any atom is 0.142 e. The van der Waals surface area contributed by atoms with Gasteiger partial charge < -0.3 is 19.9 Å². The molecule has 2 aliphatic rings. The number of methoxy groups -OCH3 is 1. The number of aromatic amines is 1. The highest BCUT2D eigenvalue weighted by atomic mass is 16.5. The number of piperazine rings is 1. The highest BCUT2D eigenvalue weighted by Gasteiger charge is 2.26. The van der Waals surface area contributed by atoms with E-state index in [0.29, 0.717) is 5.92 Å². The lowest BCUT2D eigenvalue weighted by Gasteiger charge is -2.36. The van der Waals surface area contributed by atoms with Gasteiger partial charge >= 0.3 is 0 Å². The minimum atomic E-state index is 0.583. The van der Waals surface area contributed by atoms with Crippen molar-refractivity contribution in [1.82, 2.24) is 9.88 Å². The molecule has 2 aliphatic heterocycles. The third kappa shape index (κ3) is 3.20. The Balaban J connectivity index is 1.16. The van der Waals surface area contributed by atoms with Gasteiger partial charge in [-0.3, -0.25) is 4.90 Å². The molecule has 28 heavy (non-hydrogen) atoms. The third-order valence-electron chi connectivity index (χ3n) is 6.31. The number of ether oxygens (including phenoxy) is 1. The molecule has 1 aromatic heterocycles. The van der Waals surface area contributed by atoms with Gasteiger partial charge in [0, 0.05) is 61.4 Å². The first-order valence-corrected chi connectivity index (χ1v) is 10.3. The number of fused-ring (bicyclic) bond motifs is 2. The van der Waals surface area contributed by atoms with Crippen molar-refractivity contribution in [1.29, 1.82) is 0 Å². The van der Waals surface area contributed by atoms with Crippen LogP contribution in [0.5, 0.6) is 5.75 Å². The molecule has 5 heteroatoms. The number of H-pyrrole nitrogens is 1. The molecule has 3 aromatic rings. The summed E-state index contributed by atoms with van der Waals surface area (Å²) < 4.78 is 5.49. The first-order chi connectivity index (χ1) is 13.8. The van der Waals surface area contributed by atoms with Crippen LogP contribution in [0, 0.1) is 0 Å². The first-order valence-electron chi connectivity index (χ1n) is 10.3. The number of aromatic nitrogens is 1. The van der Waals surface area contributed by atoms with Gasteiger partial charge in [0.1, 0.15) is 5.75 Å². The van der Waals surface area contributed by atoms with E-state index in [2.05, 4.69) is 56.5 Å². The van der Waals surface area contributed by atoms with Crippen molar-refractivity contribution >= 4 is 22.3 Å². The van der Waals surface area contributed by atoms with Crippen LogP contribution >= 0.6 is 0 Å². The normalized spacial score (nSPS) is 19.6. The summed E-state index contributed by atoms with van der Waals surface area (Å²) in [5.41, 5.74) is 5.16. The molecular weight excluding hydrogens is 348 g/mol. The second-order valence-corrected chi connectivity index (χ2v) is 7.87. The Hall–Kier alpha value is -2.66. The smallest absolute Gasteiger partial charge is 0.142 e. The number of nitrogens with one attached hydrogen (secondary N) is 2. The van der Waals surface area contributed by atoms with Crippen LogP contribution in [-0.2, 0) is 0 Å². The Morgan fingerprint density at radius 3 is 2.82 bits per heavy atom. The van der Waals surface area contributed by atoms with Crippen molar-refractivity contribution in [3.63, 3.8) is 0 Å². The molecule has 146 valence electrons. The van der Waals surface area contributed by atoms with E-state index in [1.54, 1.807) is 7.11 Å². The molecule has 0 radical (unpaired) electrons. The van der Waals surface area contributed by atoms with Gasteiger partial charge in [-0.05, 0) is 48.9 Å². The maximum absolute atomic E-state index is 5.49. The number of benzene rings is 2. The Morgan fingerprint density at radius 2 is 1.96 bits per heavy atom. The van der Waals surface area contributed by atoms with E-state index in [4.69, 9.17) is 4.74 Å². The quantitative estimate of drug-likeness (QED) is 0.709. The molecule has 1 saturated heterocycles. The maximum atomic E-state index is 5.49. The van der Waals surface area contributed by atoms with Gasteiger partial charge in [-0.15, -0.1) is 0 Å². The molecule has 2 N–H and O–H groups in total. The van der Waals surface area contributed by atoms with Crippen LogP contribution in [0.4, 0.5) is 11.4 Å². The fraction of sp³-hybridized carbons (Fsp3) is 0.391. The predicted molar refractivity (Wildman–Crippen MR) is 116 cm³/mol. The van der Waals surface area contributed by atoms with Crippen molar-refractivity contribution in [2.24, 2.45) is 0 Å². The highest BCUT2D eigenvalue weighted by Crippen LogP contribution is 2.39. The lowest BCUT2D eigenvalue weighted by molar-refractivity contribution is 0.250. The zero-order valence-corrected chi connectivity index (χ0v) is 16.4. The topological polar surface area (TPSA) is 43.5 Å². The van der Waals surface area contributed by atoms with E-state index in [-0.39, 0.29) is 0 Å². The van der Waals surface area contributed by atoms with Crippen LogP contribution in [0.1, 0.15) is 17.9 Å². The summed E-state index contributed by atoms with van der Waals surface area (Å²) in [7, 11) is 1.75. The van der Waals surface area contributed by atoms with Crippen LogP contribution in [0.15, 0.2) is 48.7 Å².